The Kier molecular flexibility index (Phi) is 12.1. The molecule has 1 aromatic heterocycles. The summed E-state index contributed by atoms with van der Waals surface area (Å²) in [5, 5.41) is 9.63. The smallest absolute Gasteiger partial charge is 0.340 e. The van der Waals surface area contributed by atoms with Gasteiger partial charge < -0.3 is 14.1 Å². The van der Waals surface area contributed by atoms with Crippen molar-refractivity contribution in [1.82, 2.24) is 4.57 Å². The van der Waals surface area contributed by atoms with Crippen molar-refractivity contribution in [1.29, 1.82) is 0 Å². The van der Waals surface area contributed by atoms with Gasteiger partial charge in [-0.25, -0.2) is 13.6 Å². The minimum absolute atomic E-state index is 0.0500. The number of hydrogen-bond acceptors (Lipinski definition) is 5. The molecule has 1 atom stereocenters. The Hall–Kier alpha value is -6.03. The molecule has 0 saturated carbocycles. The minimum atomic E-state index is -4.32. The van der Waals surface area contributed by atoms with Crippen LogP contribution in [-0.4, -0.2) is 41.0 Å². The molecule has 0 N–H and O–H groups in total. The molecule has 0 aliphatic carbocycles. The maximum Gasteiger partial charge on any atom is 0.340 e. The molecule has 0 aliphatic rings. The molecule has 0 bridgehead atoms. The molecule has 1 heterocycles. The number of aryl methyl sites for hydroxylation is 3. The molecule has 7 aromatic rings. The van der Waals surface area contributed by atoms with E-state index in [9.17, 15) is 27.2 Å². The molecule has 6 nitrogen and oxygen atoms in total. The van der Waals surface area contributed by atoms with Crippen LogP contribution in [0.15, 0.2) is 102 Å². The summed E-state index contributed by atoms with van der Waals surface area (Å²) in [6.07, 6.45) is 0.353. The van der Waals surface area contributed by atoms with Crippen LogP contribution in [-0.2, 0) is 16.2 Å². The molecule has 0 aliphatic heterocycles. The average molecular weight is 817 g/mol. The van der Waals surface area contributed by atoms with Gasteiger partial charge in [0.25, 0.3) is 0 Å². The molecule has 0 saturated heterocycles. The summed E-state index contributed by atoms with van der Waals surface area (Å²) in [7, 11) is 0. The monoisotopic (exact) mass is 816 g/mol. The first-order valence-corrected chi connectivity index (χ1v) is 20.4. The molecule has 7 rings (SSSR count). The van der Waals surface area contributed by atoms with Crippen LogP contribution >= 0.6 is 0 Å². The van der Waals surface area contributed by atoms with Gasteiger partial charge in [-0.3, -0.25) is 4.79 Å². The first-order chi connectivity index (χ1) is 28.7. The average Bonchev–Trinajstić information content (AvgIpc) is 3.54. The van der Waals surface area contributed by atoms with E-state index in [1.165, 1.54) is 19.1 Å². The second-order valence-electron chi connectivity index (χ2n) is 15.8. The number of aromatic nitrogens is 1. The first kappa shape index (κ1) is 42.1. The lowest BCUT2D eigenvalue weighted by atomic mass is 9.89. The molecule has 310 valence electrons. The summed E-state index contributed by atoms with van der Waals surface area (Å²) in [5.74, 6) is -4.72. The number of nitrogens with zero attached hydrogens (tertiary/aromatic N) is 2. The van der Waals surface area contributed by atoms with Crippen molar-refractivity contribution in [3.63, 3.8) is 0 Å². The van der Waals surface area contributed by atoms with E-state index in [2.05, 4.69) is 35.7 Å². The molecule has 0 radical (unpaired) electrons. The van der Waals surface area contributed by atoms with Gasteiger partial charge in [0.05, 0.1) is 11.0 Å². The van der Waals surface area contributed by atoms with Crippen LogP contribution in [0.3, 0.4) is 0 Å². The van der Waals surface area contributed by atoms with Crippen molar-refractivity contribution < 1.29 is 36.7 Å². The Morgan fingerprint density at radius 1 is 0.750 bits per heavy atom. The number of benzene rings is 6. The summed E-state index contributed by atoms with van der Waals surface area (Å²) in [5.41, 5.74) is 7.49. The van der Waals surface area contributed by atoms with Crippen LogP contribution < -0.4 is 4.74 Å². The van der Waals surface area contributed by atoms with Crippen LogP contribution in [0.5, 0.6) is 5.75 Å². The number of carbonyl (C=O) groups is 2. The van der Waals surface area contributed by atoms with E-state index >= 15 is 0 Å². The summed E-state index contributed by atoms with van der Waals surface area (Å²) in [6.45, 7) is 10.9. The van der Waals surface area contributed by atoms with E-state index in [4.69, 9.17) is 9.57 Å². The van der Waals surface area contributed by atoms with E-state index in [0.29, 0.717) is 28.2 Å². The molecule has 0 spiro atoms. The third-order valence-corrected chi connectivity index (χ3v) is 11.4. The summed E-state index contributed by atoms with van der Waals surface area (Å²) < 4.78 is 60.6. The van der Waals surface area contributed by atoms with E-state index < -0.39 is 24.9 Å². The standard InChI is InChI=1S/C50H48F4N2O4/c1-7-9-14-33(8-2)27-56-46-38-17-12-10-15-36(38)40(45(55-60-32(6)57)34-19-21-35(22-20-34)59-28-50(53,54)49(51)52)25-41(46)42-26-43(37-16-11-13-18-39(37)47(42)56)48(58)44-30(4)23-29(3)24-31(44)5/h10-13,15-26,33,49H,7-9,14,27-28H2,1-6H3. The van der Waals surface area contributed by atoms with Crippen LogP contribution in [0.25, 0.3) is 43.4 Å². The Morgan fingerprint density at radius 2 is 1.30 bits per heavy atom. The molecule has 1 unspecified atom stereocenters. The van der Waals surface area contributed by atoms with Crippen molar-refractivity contribution >= 4 is 60.8 Å². The lowest BCUT2D eigenvalue weighted by molar-refractivity contribution is -0.148. The topological polar surface area (TPSA) is 69.9 Å². The Morgan fingerprint density at radius 3 is 1.83 bits per heavy atom. The number of hydrogen-bond donors (Lipinski definition) is 0. The lowest BCUT2D eigenvalue weighted by Crippen LogP contribution is -2.33. The largest absolute Gasteiger partial charge is 0.487 e. The number of unbranched alkanes of at least 4 members (excludes halogenated alkanes) is 1. The highest BCUT2D eigenvalue weighted by Crippen LogP contribution is 2.42. The number of ether oxygens (including phenoxy) is 1. The number of ketones is 1. The number of fused-ring (bicyclic) bond motifs is 7. The maximum absolute atomic E-state index is 14.9. The van der Waals surface area contributed by atoms with Crippen LogP contribution in [0, 0.1) is 26.7 Å². The fourth-order valence-electron chi connectivity index (χ4n) is 8.56. The zero-order chi connectivity index (χ0) is 42.9. The van der Waals surface area contributed by atoms with Gasteiger partial charge in [0.15, 0.2) is 12.4 Å². The normalized spacial score (nSPS) is 12.9. The highest BCUT2D eigenvalue weighted by atomic mass is 19.3. The molecule has 60 heavy (non-hydrogen) atoms. The van der Waals surface area contributed by atoms with Crippen molar-refractivity contribution in [2.45, 2.75) is 86.1 Å². The van der Waals surface area contributed by atoms with Crippen molar-refractivity contribution in [3.05, 3.63) is 136 Å². The summed E-state index contributed by atoms with van der Waals surface area (Å²) in [4.78, 5) is 32.4. The van der Waals surface area contributed by atoms with Gasteiger partial charge in [-0.1, -0.05) is 104 Å². The highest BCUT2D eigenvalue weighted by Gasteiger charge is 2.41. The lowest BCUT2D eigenvalue weighted by Gasteiger charge is -2.20. The van der Waals surface area contributed by atoms with Gasteiger partial charge in [0, 0.05) is 57.3 Å². The van der Waals surface area contributed by atoms with Gasteiger partial charge in [-0.05, 0) is 91.4 Å². The van der Waals surface area contributed by atoms with Gasteiger partial charge in [0.1, 0.15) is 11.5 Å². The predicted octanol–water partition coefficient (Wildman–Crippen LogP) is 13.1. The third kappa shape index (κ3) is 8.12. The fourth-order valence-corrected chi connectivity index (χ4v) is 8.56. The number of rotatable bonds is 15. The number of halogens is 4. The second kappa shape index (κ2) is 17.3. The summed E-state index contributed by atoms with van der Waals surface area (Å²) >= 11 is 0. The van der Waals surface area contributed by atoms with Gasteiger partial charge in [0.2, 0.25) is 0 Å². The van der Waals surface area contributed by atoms with Gasteiger partial charge >= 0.3 is 18.3 Å². The van der Waals surface area contributed by atoms with Crippen LogP contribution in [0.1, 0.15) is 90.2 Å². The van der Waals surface area contributed by atoms with E-state index in [0.717, 1.165) is 92.3 Å². The molecule has 0 fully saturated rings. The fraction of sp³-hybridized carbons (Fsp3) is 0.300. The SMILES string of the molecule is CCCCC(CC)Cn1c2c3ccccc3c(C(=O)c3c(C)cc(C)cc3C)cc2c2cc(C(=NOC(C)=O)c3ccc(OCC(F)(F)C(F)F)cc3)c3ccccc3c21. The van der Waals surface area contributed by atoms with E-state index in [1.807, 2.05) is 81.4 Å². The molecular formula is C50H48F4N2O4. The van der Waals surface area contributed by atoms with Gasteiger partial charge in [-0.15, -0.1) is 0 Å². The highest BCUT2D eigenvalue weighted by molar-refractivity contribution is 6.31. The van der Waals surface area contributed by atoms with Crippen molar-refractivity contribution in [2.75, 3.05) is 6.61 Å². The number of alkyl halides is 4. The van der Waals surface area contributed by atoms with E-state index in [-0.39, 0.29) is 17.2 Å². The molecule has 6 aromatic carbocycles. The number of oxime groups is 1. The van der Waals surface area contributed by atoms with Crippen molar-refractivity contribution in [2.24, 2.45) is 11.1 Å². The third-order valence-electron chi connectivity index (χ3n) is 11.4. The molecule has 10 heteroatoms. The first-order valence-electron chi connectivity index (χ1n) is 20.4. The van der Waals surface area contributed by atoms with E-state index in [1.54, 1.807) is 12.1 Å². The van der Waals surface area contributed by atoms with Crippen molar-refractivity contribution in [3.8, 4) is 5.75 Å². The molecule has 0 amide bonds. The Labute approximate surface area is 346 Å². The zero-order valence-corrected chi connectivity index (χ0v) is 34.7. The van der Waals surface area contributed by atoms with Crippen LogP contribution in [0.2, 0.25) is 0 Å². The van der Waals surface area contributed by atoms with Gasteiger partial charge in [-0.2, -0.15) is 8.78 Å². The second-order valence-corrected chi connectivity index (χ2v) is 15.8. The number of carbonyl (C=O) groups excluding carboxylic acids is 2. The maximum atomic E-state index is 14.9. The predicted molar refractivity (Wildman–Crippen MR) is 232 cm³/mol. The molecular weight excluding hydrogens is 769 g/mol. The Balaban J connectivity index is 1.53. The van der Waals surface area contributed by atoms with Crippen LogP contribution in [0.4, 0.5) is 17.6 Å². The minimum Gasteiger partial charge on any atom is -0.487 e. The zero-order valence-electron chi connectivity index (χ0n) is 34.7. The summed E-state index contributed by atoms with van der Waals surface area (Å²) in [6, 6.07) is 30.0. The quantitative estimate of drug-likeness (QED) is 0.0340. The Bertz CT molecular complexity index is 2770.